The Morgan fingerprint density at radius 2 is 2.09 bits per heavy atom. The van der Waals surface area contributed by atoms with Gasteiger partial charge in [0.05, 0.1) is 12.7 Å². The van der Waals surface area contributed by atoms with Gasteiger partial charge >= 0.3 is 0 Å². The van der Waals surface area contributed by atoms with Gasteiger partial charge in [0, 0.05) is 20.5 Å². The molecule has 0 saturated carbocycles. The zero-order valence-electron chi connectivity index (χ0n) is 7.76. The van der Waals surface area contributed by atoms with Gasteiger partial charge in [0.2, 0.25) is 5.91 Å². The lowest BCUT2D eigenvalue weighted by atomic mass is 10.5. The van der Waals surface area contributed by atoms with Crippen LogP contribution >= 0.6 is 0 Å². The molecule has 0 spiro atoms. The zero-order chi connectivity index (χ0) is 8.85. The van der Waals surface area contributed by atoms with Crippen LogP contribution in [0.1, 0.15) is 20.8 Å². The van der Waals surface area contributed by atoms with E-state index in [9.17, 15) is 4.79 Å². The summed E-state index contributed by atoms with van der Waals surface area (Å²) in [6.07, 6.45) is 0.246. The number of carbonyl (C=O) groups excluding carboxylic acids is 1. The molecule has 0 bridgehead atoms. The van der Waals surface area contributed by atoms with Gasteiger partial charge in [-0.3, -0.25) is 4.79 Å². The highest BCUT2D eigenvalue weighted by atomic mass is 16.5. The maximum absolute atomic E-state index is 10.7. The Morgan fingerprint density at radius 3 is 2.45 bits per heavy atom. The molecular formula is C8H17NO2. The Labute approximate surface area is 68.3 Å². The minimum absolute atomic E-state index is 0.0809. The lowest BCUT2D eigenvalue weighted by Gasteiger charge is -2.15. The first-order valence-corrected chi connectivity index (χ1v) is 3.87. The molecule has 66 valence electrons. The molecule has 0 heterocycles. The summed E-state index contributed by atoms with van der Waals surface area (Å²) in [6, 6.07) is 0. The molecule has 0 radical (unpaired) electrons. The number of amides is 1. The first-order chi connectivity index (χ1) is 5.04. The van der Waals surface area contributed by atoms with Gasteiger partial charge in [0.25, 0.3) is 0 Å². The number of hydrogen-bond acceptors (Lipinski definition) is 2. The van der Waals surface area contributed by atoms with Crippen LogP contribution in [0.3, 0.4) is 0 Å². The number of ether oxygens (including phenoxy) is 1. The fourth-order valence-corrected chi connectivity index (χ4v) is 0.583. The van der Waals surface area contributed by atoms with Gasteiger partial charge in [-0.05, 0) is 13.8 Å². The van der Waals surface area contributed by atoms with Crippen LogP contribution in [0, 0.1) is 0 Å². The number of rotatable bonds is 4. The fraction of sp³-hybridized carbons (Fsp3) is 0.875. The average molecular weight is 159 g/mol. The molecule has 0 rings (SSSR count). The summed E-state index contributed by atoms with van der Waals surface area (Å²) in [5.74, 6) is 0.0809. The molecule has 0 unspecified atom stereocenters. The van der Waals surface area contributed by atoms with Crippen molar-refractivity contribution in [3.63, 3.8) is 0 Å². The smallest absolute Gasteiger partial charge is 0.219 e. The summed E-state index contributed by atoms with van der Waals surface area (Å²) in [5, 5.41) is 0. The van der Waals surface area contributed by atoms with Gasteiger partial charge in [-0.15, -0.1) is 0 Å². The summed E-state index contributed by atoms with van der Waals surface area (Å²) < 4.78 is 5.27. The van der Waals surface area contributed by atoms with Crippen molar-refractivity contribution in [2.24, 2.45) is 0 Å². The molecule has 1 amide bonds. The molecule has 0 aliphatic carbocycles. The fourth-order valence-electron chi connectivity index (χ4n) is 0.583. The summed E-state index contributed by atoms with van der Waals surface area (Å²) in [5.41, 5.74) is 0. The van der Waals surface area contributed by atoms with Crippen LogP contribution in [0.4, 0.5) is 0 Å². The Bertz CT molecular complexity index is 123. The molecule has 0 aromatic rings. The predicted molar refractivity (Wildman–Crippen MR) is 44.4 cm³/mol. The highest BCUT2D eigenvalue weighted by Crippen LogP contribution is 1.89. The molecule has 0 aliphatic heterocycles. The van der Waals surface area contributed by atoms with Crippen molar-refractivity contribution in [3.8, 4) is 0 Å². The van der Waals surface area contributed by atoms with E-state index in [1.165, 1.54) is 0 Å². The van der Waals surface area contributed by atoms with Crippen molar-refractivity contribution in [2.45, 2.75) is 26.9 Å². The molecule has 0 fully saturated rings. The van der Waals surface area contributed by atoms with Crippen molar-refractivity contribution < 1.29 is 9.53 Å². The third kappa shape index (κ3) is 5.85. The molecule has 0 saturated heterocycles. The molecule has 0 aromatic heterocycles. The minimum Gasteiger partial charge on any atom is -0.377 e. The van der Waals surface area contributed by atoms with E-state index >= 15 is 0 Å². The van der Waals surface area contributed by atoms with E-state index in [1.54, 1.807) is 18.9 Å². The molecule has 0 aliphatic rings. The first-order valence-electron chi connectivity index (χ1n) is 3.87. The summed E-state index contributed by atoms with van der Waals surface area (Å²) in [7, 11) is 1.77. The lowest BCUT2D eigenvalue weighted by molar-refractivity contribution is -0.128. The Morgan fingerprint density at radius 1 is 1.55 bits per heavy atom. The van der Waals surface area contributed by atoms with E-state index in [2.05, 4.69) is 0 Å². The molecule has 11 heavy (non-hydrogen) atoms. The van der Waals surface area contributed by atoms with E-state index in [0.717, 1.165) is 0 Å². The van der Waals surface area contributed by atoms with E-state index < -0.39 is 0 Å². The van der Waals surface area contributed by atoms with Gasteiger partial charge in [-0.1, -0.05) is 0 Å². The molecule has 3 nitrogen and oxygen atoms in total. The topological polar surface area (TPSA) is 29.5 Å². The van der Waals surface area contributed by atoms with Gasteiger partial charge in [-0.25, -0.2) is 0 Å². The van der Waals surface area contributed by atoms with E-state index in [4.69, 9.17) is 4.74 Å². The summed E-state index contributed by atoms with van der Waals surface area (Å²) in [6.45, 7) is 6.80. The van der Waals surface area contributed by atoms with E-state index in [0.29, 0.717) is 13.2 Å². The van der Waals surface area contributed by atoms with Crippen molar-refractivity contribution in [1.82, 2.24) is 4.90 Å². The minimum atomic E-state index is 0.0809. The molecule has 0 N–H and O–H groups in total. The molecular weight excluding hydrogens is 142 g/mol. The van der Waals surface area contributed by atoms with Crippen molar-refractivity contribution in [1.29, 1.82) is 0 Å². The largest absolute Gasteiger partial charge is 0.377 e. The third-order valence-electron chi connectivity index (χ3n) is 1.42. The Balaban J connectivity index is 3.31. The predicted octanol–water partition coefficient (Wildman–Crippen LogP) is 0.890. The van der Waals surface area contributed by atoms with Crippen molar-refractivity contribution >= 4 is 5.91 Å². The van der Waals surface area contributed by atoms with Crippen LogP contribution in [0.25, 0.3) is 0 Å². The van der Waals surface area contributed by atoms with Crippen LogP contribution < -0.4 is 0 Å². The second-order valence-electron chi connectivity index (χ2n) is 2.86. The Hall–Kier alpha value is -0.570. The van der Waals surface area contributed by atoms with Gasteiger partial charge < -0.3 is 9.64 Å². The maximum atomic E-state index is 10.7. The highest BCUT2D eigenvalue weighted by Gasteiger charge is 2.01. The molecule has 3 heteroatoms. The zero-order valence-corrected chi connectivity index (χ0v) is 7.76. The maximum Gasteiger partial charge on any atom is 0.219 e. The SMILES string of the molecule is CC(=O)N(C)CCOC(C)C. The van der Waals surface area contributed by atoms with Crippen molar-refractivity contribution in [2.75, 3.05) is 20.2 Å². The van der Waals surface area contributed by atoms with Crippen LogP contribution in [-0.2, 0) is 9.53 Å². The first kappa shape index (κ1) is 10.4. The lowest BCUT2D eigenvalue weighted by Crippen LogP contribution is -2.28. The number of carbonyl (C=O) groups is 1. The normalized spacial score (nSPS) is 10.3. The Kier molecular flexibility index (Phi) is 4.86. The number of hydrogen-bond donors (Lipinski definition) is 0. The molecule has 0 atom stereocenters. The number of likely N-dealkylation sites (N-methyl/N-ethyl adjacent to an activating group) is 1. The molecule has 0 aromatic carbocycles. The quantitative estimate of drug-likeness (QED) is 0.609. The summed E-state index contributed by atoms with van der Waals surface area (Å²) >= 11 is 0. The number of nitrogens with zero attached hydrogens (tertiary/aromatic N) is 1. The third-order valence-corrected chi connectivity index (χ3v) is 1.42. The van der Waals surface area contributed by atoms with Crippen LogP contribution in [0.2, 0.25) is 0 Å². The second-order valence-corrected chi connectivity index (χ2v) is 2.86. The standard InChI is InChI=1S/C8H17NO2/c1-7(2)11-6-5-9(4)8(3)10/h7H,5-6H2,1-4H3. The van der Waals surface area contributed by atoms with Crippen LogP contribution in [-0.4, -0.2) is 37.1 Å². The van der Waals surface area contributed by atoms with Gasteiger partial charge in [0.15, 0.2) is 0 Å². The monoisotopic (exact) mass is 159 g/mol. The van der Waals surface area contributed by atoms with Crippen LogP contribution in [0.15, 0.2) is 0 Å². The average Bonchev–Trinajstić information content (AvgIpc) is 1.86. The van der Waals surface area contributed by atoms with Gasteiger partial charge in [-0.2, -0.15) is 0 Å². The van der Waals surface area contributed by atoms with Crippen LogP contribution in [0.5, 0.6) is 0 Å². The van der Waals surface area contributed by atoms with Gasteiger partial charge in [0.1, 0.15) is 0 Å². The van der Waals surface area contributed by atoms with E-state index in [1.807, 2.05) is 13.8 Å². The second kappa shape index (κ2) is 5.13. The summed E-state index contributed by atoms with van der Waals surface area (Å²) in [4.78, 5) is 12.3. The van der Waals surface area contributed by atoms with Crippen molar-refractivity contribution in [3.05, 3.63) is 0 Å². The highest BCUT2D eigenvalue weighted by molar-refractivity contribution is 5.72. The van der Waals surface area contributed by atoms with E-state index in [-0.39, 0.29) is 12.0 Å².